The molecule has 0 bridgehead atoms. The molecule has 3 nitrogen and oxygen atoms in total. The molecule has 1 atom stereocenters. The first kappa shape index (κ1) is 18.1. The van der Waals surface area contributed by atoms with Crippen LogP contribution in [0, 0.1) is 11.7 Å². The number of hydrogen-bond donors (Lipinski definition) is 1. The summed E-state index contributed by atoms with van der Waals surface area (Å²) in [4.78, 5) is 14.7. The fraction of sp³-hybridized carbons (Fsp3) is 0.571. The largest absolute Gasteiger partial charge is 0.356 e. The molecule has 1 amide bonds. The molecule has 4 heteroatoms. The molecule has 1 aromatic carbocycles. The molecule has 0 radical (unpaired) electrons. The highest BCUT2D eigenvalue weighted by Crippen LogP contribution is 2.21. The number of likely N-dealkylation sites (tertiary alicyclic amines) is 1. The van der Waals surface area contributed by atoms with Crippen LogP contribution < -0.4 is 5.32 Å². The SMILES string of the molecule is O=C(NCCC1=CCCCC1)C1CCCN(Cc2ccccc2F)C1. The lowest BCUT2D eigenvalue weighted by Crippen LogP contribution is -2.43. The number of nitrogens with zero attached hydrogens (tertiary/aromatic N) is 1. The molecule has 0 saturated carbocycles. The van der Waals surface area contributed by atoms with Gasteiger partial charge in [0.05, 0.1) is 5.92 Å². The fourth-order valence-electron chi connectivity index (χ4n) is 3.90. The minimum absolute atomic E-state index is 0.0286. The molecule has 1 aromatic rings. The highest BCUT2D eigenvalue weighted by atomic mass is 19.1. The Morgan fingerprint density at radius 1 is 1.24 bits per heavy atom. The third-order valence-corrected chi connectivity index (χ3v) is 5.36. The number of carbonyl (C=O) groups is 1. The van der Waals surface area contributed by atoms with Gasteiger partial charge in [-0.05, 0) is 57.6 Å². The Labute approximate surface area is 150 Å². The Balaban J connectivity index is 1.44. The van der Waals surface area contributed by atoms with Crippen LogP contribution in [0.4, 0.5) is 4.39 Å². The molecule has 1 N–H and O–H groups in total. The van der Waals surface area contributed by atoms with Crippen molar-refractivity contribution in [3.8, 4) is 0 Å². The third kappa shape index (κ3) is 5.40. The molecule has 1 saturated heterocycles. The number of nitrogens with one attached hydrogen (secondary N) is 1. The Morgan fingerprint density at radius 3 is 2.92 bits per heavy atom. The summed E-state index contributed by atoms with van der Waals surface area (Å²) in [6.07, 6.45) is 10.2. The molecule has 1 fully saturated rings. The highest BCUT2D eigenvalue weighted by Gasteiger charge is 2.26. The normalized spacial score (nSPS) is 21.6. The number of benzene rings is 1. The van der Waals surface area contributed by atoms with E-state index in [0.29, 0.717) is 12.1 Å². The van der Waals surface area contributed by atoms with Gasteiger partial charge in [-0.15, -0.1) is 0 Å². The number of halogens is 1. The molecule has 3 rings (SSSR count). The number of carbonyl (C=O) groups excluding carboxylic acids is 1. The average molecular weight is 344 g/mol. The molecule has 25 heavy (non-hydrogen) atoms. The van der Waals surface area contributed by atoms with Crippen molar-refractivity contribution in [1.29, 1.82) is 0 Å². The van der Waals surface area contributed by atoms with Gasteiger partial charge in [0.1, 0.15) is 5.82 Å². The Morgan fingerprint density at radius 2 is 2.12 bits per heavy atom. The zero-order valence-corrected chi connectivity index (χ0v) is 15.0. The van der Waals surface area contributed by atoms with Gasteiger partial charge in [0, 0.05) is 25.2 Å². The number of piperidine rings is 1. The van der Waals surface area contributed by atoms with Crippen molar-refractivity contribution in [2.24, 2.45) is 5.92 Å². The minimum Gasteiger partial charge on any atom is -0.356 e. The van der Waals surface area contributed by atoms with Gasteiger partial charge >= 0.3 is 0 Å². The van der Waals surface area contributed by atoms with Crippen molar-refractivity contribution >= 4 is 5.91 Å². The molecule has 0 aromatic heterocycles. The van der Waals surface area contributed by atoms with E-state index in [1.165, 1.54) is 37.3 Å². The highest BCUT2D eigenvalue weighted by molar-refractivity contribution is 5.78. The van der Waals surface area contributed by atoms with Gasteiger partial charge in [0.2, 0.25) is 5.91 Å². The standard InChI is InChI=1S/C21H29FN2O/c22-20-11-5-4-9-18(20)15-24-14-6-10-19(16-24)21(25)23-13-12-17-7-2-1-3-8-17/h4-5,7,9,11,19H,1-3,6,8,10,12-16H2,(H,23,25). The number of allylic oxidation sites excluding steroid dienone is 1. The summed E-state index contributed by atoms with van der Waals surface area (Å²) in [6.45, 7) is 2.99. The van der Waals surface area contributed by atoms with Gasteiger partial charge in [-0.3, -0.25) is 9.69 Å². The predicted octanol–water partition coefficient (Wildman–Crippen LogP) is 4.04. The van der Waals surface area contributed by atoms with Crippen LogP contribution in [0.1, 0.15) is 50.5 Å². The van der Waals surface area contributed by atoms with E-state index < -0.39 is 0 Å². The average Bonchev–Trinajstić information content (AvgIpc) is 2.65. The summed E-state index contributed by atoms with van der Waals surface area (Å²) in [5.41, 5.74) is 2.21. The first-order chi connectivity index (χ1) is 12.2. The minimum atomic E-state index is -0.158. The molecule has 2 aliphatic rings. The lowest BCUT2D eigenvalue weighted by atomic mass is 9.95. The van der Waals surface area contributed by atoms with Crippen molar-refractivity contribution < 1.29 is 9.18 Å². The smallest absolute Gasteiger partial charge is 0.224 e. The van der Waals surface area contributed by atoms with Crippen LogP contribution in [0.5, 0.6) is 0 Å². The second kappa shape index (κ2) is 9.14. The van der Waals surface area contributed by atoms with E-state index in [1.807, 2.05) is 12.1 Å². The van der Waals surface area contributed by atoms with Crippen LogP contribution in [-0.2, 0) is 11.3 Å². The molecule has 1 aliphatic heterocycles. The van der Waals surface area contributed by atoms with E-state index in [4.69, 9.17) is 0 Å². The van der Waals surface area contributed by atoms with Gasteiger partial charge in [0.25, 0.3) is 0 Å². The van der Waals surface area contributed by atoms with Crippen molar-refractivity contribution in [3.63, 3.8) is 0 Å². The van der Waals surface area contributed by atoms with E-state index in [-0.39, 0.29) is 17.6 Å². The first-order valence-electron chi connectivity index (χ1n) is 9.64. The zero-order valence-electron chi connectivity index (χ0n) is 15.0. The van der Waals surface area contributed by atoms with Gasteiger partial charge < -0.3 is 5.32 Å². The number of hydrogen-bond acceptors (Lipinski definition) is 2. The molecule has 1 heterocycles. The van der Waals surface area contributed by atoms with Gasteiger partial charge in [-0.1, -0.05) is 29.8 Å². The third-order valence-electron chi connectivity index (χ3n) is 5.36. The van der Waals surface area contributed by atoms with E-state index in [2.05, 4.69) is 16.3 Å². The Kier molecular flexibility index (Phi) is 6.62. The maximum atomic E-state index is 13.8. The first-order valence-corrected chi connectivity index (χ1v) is 9.64. The molecule has 0 spiro atoms. The number of rotatable bonds is 6. The maximum Gasteiger partial charge on any atom is 0.224 e. The van der Waals surface area contributed by atoms with E-state index >= 15 is 0 Å². The fourth-order valence-corrected chi connectivity index (χ4v) is 3.90. The summed E-state index contributed by atoms with van der Waals surface area (Å²) in [7, 11) is 0. The van der Waals surface area contributed by atoms with Crippen molar-refractivity contribution in [2.45, 2.75) is 51.5 Å². The van der Waals surface area contributed by atoms with Crippen molar-refractivity contribution in [1.82, 2.24) is 10.2 Å². The molecule has 136 valence electrons. The molecule has 1 unspecified atom stereocenters. The zero-order chi connectivity index (χ0) is 17.5. The number of amides is 1. The summed E-state index contributed by atoms with van der Waals surface area (Å²) >= 11 is 0. The van der Waals surface area contributed by atoms with Gasteiger partial charge in [0.15, 0.2) is 0 Å². The quantitative estimate of drug-likeness (QED) is 0.790. The van der Waals surface area contributed by atoms with Crippen LogP contribution in [0.2, 0.25) is 0 Å². The molecule has 1 aliphatic carbocycles. The summed E-state index contributed by atoms with van der Waals surface area (Å²) in [5, 5.41) is 3.11. The van der Waals surface area contributed by atoms with Crippen LogP contribution >= 0.6 is 0 Å². The second-order valence-corrected chi connectivity index (χ2v) is 7.31. The Bertz CT molecular complexity index is 614. The van der Waals surface area contributed by atoms with Crippen LogP contribution in [0.3, 0.4) is 0 Å². The summed E-state index contributed by atoms with van der Waals surface area (Å²) < 4.78 is 13.8. The van der Waals surface area contributed by atoms with Crippen molar-refractivity contribution in [2.75, 3.05) is 19.6 Å². The Hall–Kier alpha value is -1.68. The van der Waals surface area contributed by atoms with Crippen LogP contribution in [-0.4, -0.2) is 30.4 Å². The lowest BCUT2D eigenvalue weighted by molar-refractivity contribution is -0.126. The predicted molar refractivity (Wildman–Crippen MR) is 98.6 cm³/mol. The van der Waals surface area contributed by atoms with E-state index in [9.17, 15) is 9.18 Å². The lowest BCUT2D eigenvalue weighted by Gasteiger charge is -2.32. The summed E-state index contributed by atoms with van der Waals surface area (Å²) in [5.74, 6) is 0.0327. The molecular weight excluding hydrogens is 315 g/mol. The molecular formula is C21H29FN2O. The second-order valence-electron chi connectivity index (χ2n) is 7.31. The van der Waals surface area contributed by atoms with E-state index in [1.54, 1.807) is 6.07 Å². The van der Waals surface area contributed by atoms with Crippen molar-refractivity contribution in [3.05, 3.63) is 47.3 Å². The summed E-state index contributed by atoms with van der Waals surface area (Å²) in [6, 6.07) is 6.92. The van der Waals surface area contributed by atoms with Gasteiger partial charge in [-0.2, -0.15) is 0 Å². The topological polar surface area (TPSA) is 32.3 Å². The van der Waals surface area contributed by atoms with Crippen LogP contribution in [0.25, 0.3) is 0 Å². The maximum absolute atomic E-state index is 13.8. The monoisotopic (exact) mass is 344 g/mol. The van der Waals surface area contributed by atoms with Gasteiger partial charge in [-0.25, -0.2) is 4.39 Å². The van der Waals surface area contributed by atoms with Crippen LogP contribution in [0.15, 0.2) is 35.9 Å². The van der Waals surface area contributed by atoms with E-state index in [0.717, 1.165) is 38.9 Å².